The van der Waals surface area contributed by atoms with E-state index < -0.39 is 0 Å². The van der Waals surface area contributed by atoms with E-state index in [2.05, 4.69) is 47.1 Å². The second-order valence-corrected chi connectivity index (χ2v) is 7.54. The van der Waals surface area contributed by atoms with Gasteiger partial charge in [0.1, 0.15) is 5.03 Å². The maximum Gasteiger partial charge on any atom is 0.188 e. The minimum Gasteiger partial charge on any atom is -0.370 e. The summed E-state index contributed by atoms with van der Waals surface area (Å²) in [7, 11) is 0. The van der Waals surface area contributed by atoms with Gasteiger partial charge in [-0.15, -0.1) is 11.8 Å². The zero-order valence-electron chi connectivity index (χ0n) is 15.3. The molecular weight excluding hydrogens is 342 g/mol. The van der Waals surface area contributed by atoms with Gasteiger partial charge in [0.05, 0.1) is 0 Å². The van der Waals surface area contributed by atoms with E-state index in [1.807, 2.05) is 17.2 Å². The molecule has 5 nitrogen and oxygen atoms in total. The first-order valence-corrected chi connectivity index (χ1v) is 10.1. The molecule has 1 saturated heterocycles. The molecule has 1 fully saturated rings. The molecule has 3 rings (SSSR count). The van der Waals surface area contributed by atoms with Gasteiger partial charge < -0.3 is 10.6 Å². The molecule has 0 unspecified atom stereocenters. The highest BCUT2D eigenvalue weighted by Crippen LogP contribution is 2.25. The van der Waals surface area contributed by atoms with Gasteiger partial charge in [-0.1, -0.05) is 37.3 Å². The predicted molar refractivity (Wildman–Crippen MR) is 108 cm³/mol. The molecule has 3 N–H and O–H groups in total. The van der Waals surface area contributed by atoms with Crippen LogP contribution in [0.1, 0.15) is 23.6 Å². The molecule has 0 spiro atoms. The smallest absolute Gasteiger partial charge is 0.188 e. The highest BCUT2D eigenvalue weighted by molar-refractivity contribution is 7.98. The Balaban J connectivity index is 1.58. The highest BCUT2D eigenvalue weighted by Gasteiger charge is 2.18. The summed E-state index contributed by atoms with van der Waals surface area (Å²) in [5, 5.41) is 8.66. The molecule has 0 atom stereocenters. The summed E-state index contributed by atoms with van der Waals surface area (Å²) >= 11 is 1.81. The maximum atomic E-state index is 7.54. The maximum absolute atomic E-state index is 7.54. The van der Waals surface area contributed by atoms with Crippen LogP contribution in [-0.2, 0) is 18.7 Å². The fourth-order valence-corrected chi connectivity index (χ4v) is 4.03. The molecule has 0 saturated carbocycles. The van der Waals surface area contributed by atoms with Crippen molar-refractivity contribution in [1.29, 1.82) is 5.41 Å². The number of nitrogens with zero attached hydrogens (tertiary/aromatic N) is 3. The number of nitrogens with one attached hydrogen (secondary N) is 1. The minimum absolute atomic E-state index is 0.177. The number of pyridine rings is 1. The van der Waals surface area contributed by atoms with Crippen LogP contribution in [0.5, 0.6) is 0 Å². The van der Waals surface area contributed by atoms with Gasteiger partial charge >= 0.3 is 0 Å². The van der Waals surface area contributed by atoms with E-state index in [-0.39, 0.29) is 5.96 Å². The number of piperazine rings is 1. The molecule has 0 radical (unpaired) electrons. The standard InChI is InChI=1S/C20H27N5S/c1-2-16-5-7-17(8-6-16)15-26-19-18(4-3-9-23-19)14-24-10-12-25(13-11-24)20(21)22/h3-9H,2,10-15H2,1H3,(H3,21,22). The quantitative estimate of drug-likeness (QED) is 0.465. The van der Waals surface area contributed by atoms with E-state index in [4.69, 9.17) is 11.1 Å². The lowest BCUT2D eigenvalue weighted by atomic mass is 10.1. The molecule has 6 heteroatoms. The van der Waals surface area contributed by atoms with E-state index in [9.17, 15) is 0 Å². The average molecular weight is 370 g/mol. The van der Waals surface area contributed by atoms with Crippen molar-refractivity contribution in [2.45, 2.75) is 30.7 Å². The molecular formula is C20H27N5S. The molecule has 138 valence electrons. The summed E-state index contributed by atoms with van der Waals surface area (Å²) in [4.78, 5) is 8.95. The zero-order chi connectivity index (χ0) is 18.4. The number of guanidine groups is 1. The molecule has 1 aliphatic rings. The van der Waals surface area contributed by atoms with Crippen molar-refractivity contribution >= 4 is 17.7 Å². The van der Waals surface area contributed by atoms with Crippen LogP contribution in [0.3, 0.4) is 0 Å². The summed E-state index contributed by atoms with van der Waals surface area (Å²) < 4.78 is 0. The number of rotatable bonds is 6. The van der Waals surface area contributed by atoms with Crippen molar-refractivity contribution in [2.75, 3.05) is 26.2 Å². The third kappa shape index (κ3) is 4.99. The highest BCUT2D eigenvalue weighted by atomic mass is 32.2. The summed E-state index contributed by atoms with van der Waals surface area (Å²) in [6.07, 6.45) is 2.95. The zero-order valence-corrected chi connectivity index (χ0v) is 16.1. The monoisotopic (exact) mass is 369 g/mol. The Morgan fingerprint density at radius 2 is 1.81 bits per heavy atom. The Morgan fingerprint density at radius 3 is 2.46 bits per heavy atom. The van der Waals surface area contributed by atoms with Gasteiger partial charge in [-0.2, -0.15) is 0 Å². The van der Waals surface area contributed by atoms with Crippen molar-refractivity contribution in [1.82, 2.24) is 14.8 Å². The first kappa shape index (κ1) is 18.7. The largest absolute Gasteiger partial charge is 0.370 e. The Hall–Kier alpha value is -2.05. The molecule has 0 amide bonds. The van der Waals surface area contributed by atoms with Crippen molar-refractivity contribution < 1.29 is 0 Å². The molecule has 1 aliphatic heterocycles. The Labute approximate surface area is 160 Å². The van der Waals surface area contributed by atoms with Gasteiger partial charge in [0, 0.05) is 44.7 Å². The molecule has 26 heavy (non-hydrogen) atoms. The lowest BCUT2D eigenvalue weighted by molar-refractivity contribution is 0.172. The Bertz CT molecular complexity index is 723. The van der Waals surface area contributed by atoms with E-state index in [0.29, 0.717) is 0 Å². The minimum atomic E-state index is 0.177. The number of nitrogens with two attached hydrogens (primary N) is 1. The Kier molecular flexibility index (Phi) is 6.52. The lowest BCUT2D eigenvalue weighted by Crippen LogP contribution is -2.50. The summed E-state index contributed by atoms with van der Waals surface area (Å²) in [6, 6.07) is 13.0. The van der Waals surface area contributed by atoms with Gasteiger partial charge in [-0.3, -0.25) is 10.3 Å². The molecule has 2 heterocycles. The summed E-state index contributed by atoms with van der Waals surface area (Å²) in [5.41, 5.74) is 9.57. The van der Waals surface area contributed by atoms with Gasteiger partial charge in [-0.25, -0.2) is 4.98 Å². The van der Waals surface area contributed by atoms with Crippen LogP contribution in [-0.4, -0.2) is 46.9 Å². The van der Waals surface area contributed by atoms with Crippen LogP contribution < -0.4 is 5.73 Å². The fourth-order valence-electron chi connectivity index (χ4n) is 3.09. The molecule has 2 aromatic rings. The number of hydrogen-bond donors (Lipinski definition) is 2. The second-order valence-electron chi connectivity index (χ2n) is 6.57. The second kappa shape index (κ2) is 9.05. The van der Waals surface area contributed by atoms with Crippen molar-refractivity contribution in [3.05, 3.63) is 59.3 Å². The number of hydrogen-bond acceptors (Lipinski definition) is 4. The molecule has 1 aromatic carbocycles. The van der Waals surface area contributed by atoms with Gasteiger partial charge in [0.15, 0.2) is 5.96 Å². The Morgan fingerprint density at radius 1 is 1.12 bits per heavy atom. The van der Waals surface area contributed by atoms with Crippen LogP contribution in [0.15, 0.2) is 47.6 Å². The molecule has 0 aliphatic carbocycles. The van der Waals surface area contributed by atoms with Crippen LogP contribution >= 0.6 is 11.8 Å². The first-order chi connectivity index (χ1) is 12.7. The average Bonchev–Trinajstić information content (AvgIpc) is 2.68. The lowest BCUT2D eigenvalue weighted by Gasteiger charge is -2.35. The van der Waals surface area contributed by atoms with Crippen LogP contribution in [0.4, 0.5) is 0 Å². The number of aryl methyl sites for hydroxylation is 1. The van der Waals surface area contributed by atoms with Crippen molar-refractivity contribution in [2.24, 2.45) is 5.73 Å². The predicted octanol–water partition coefficient (Wildman–Crippen LogP) is 2.95. The van der Waals surface area contributed by atoms with Gasteiger partial charge in [0.25, 0.3) is 0 Å². The first-order valence-electron chi connectivity index (χ1n) is 9.11. The van der Waals surface area contributed by atoms with E-state index >= 15 is 0 Å². The van der Waals surface area contributed by atoms with Gasteiger partial charge in [0.2, 0.25) is 0 Å². The van der Waals surface area contributed by atoms with Crippen LogP contribution in [0.25, 0.3) is 0 Å². The normalized spacial score (nSPS) is 15.2. The fraction of sp³-hybridized carbons (Fsp3) is 0.400. The molecule has 1 aromatic heterocycles. The third-order valence-corrected chi connectivity index (χ3v) is 5.88. The number of aromatic nitrogens is 1. The number of thioether (sulfide) groups is 1. The van der Waals surface area contributed by atoms with Crippen molar-refractivity contribution in [3.8, 4) is 0 Å². The van der Waals surface area contributed by atoms with E-state index in [0.717, 1.165) is 49.9 Å². The van der Waals surface area contributed by atoms with E-state index in [1.165, 1.54) is 16.7 Å². The van der Waals surface area contributed by atoms with E-state index in [1.54, 1.807) is 11.8 Å². The van der Waals surface area contributed by atoms with Gasteiger partial charge in [-0.05, 0) is 29.2 Å². The SMILES string of the molecule is CCc1ccc(CSc2ncccc2CN2CCN(C(=N)N)CC2)cc1. The van der Waals surface area contributed by atoms with Crippen LogP contribution in [0, 0.1) is 5.41 Å². The summed E-state index contributed by atoms with van der Waals surface area (Å²) in [5.74, 6) is 1.11. The van der Waals surface area contributed by atoms with Crippen molar-refractivity contribution in [3.63, 3.8) is 0 Å². The topological polar surface area (TPSA) is 69.2 Å². The van der Waals surface area contributed by atoms with Crippen LogP contribution in [0.2, 0.25) is 0 Å². The molecule has 0 bridgehead atoms. The number of benzene rings is 1. The third-order valence-electron chi connectivity index (χ3n) is 4.76. The summed E-state index contributed by atoms with van der Waals surface area (Å²) in [6.45, 7) is 6.58.